The maximum atomic E-state index is 13.0. The second-order valence-corrected chi connectivity index (χ2v) is 9.87. The fourth-order valence-corrected chi connectivity index (χ4v) is 5.37. The molecule has 35 heavy (non-hydrogen) atoms. The van der Waals surface area contributed by atoms with Crippen LogP contribution in [0.2, 0.25) is 0 Å². The monoisotopic (exact) mass is 473 g/mol. The van der Waals surface area contributed by atoms with E-state index in [0.29, 0.717) is 24.2 Å². The molecule has 2 saturated heterocycles. The number of dihydropyridines is 1. The van der Waals surface area contributed by atoms with Crippen LogP contribution in [0.5, 0.6) is 0 Å². The molecule has 0 saturated carbocycles. The molecular formula is C28H35N5O2. The fraction of sp³-hybridized carbons (Fsp3) is 0.464. The van der Waals surface area contributed by atoms with Crippen molar-refractivity contribution in [2.24, 2.45) is 10.9 Å². The lowest BCUT2D eigenvalue weighted by atomic mass is 9.96. The minimum absolute atomic E-state index is 0.0437. The summed E-state index contributed by atoms with van der Waals surface area (Å²) in [6.07, 6.45) is 8.42. The standard InChI is InChI=1S/C28H35N5O2/c34-27(22-6-2-1-3-7-22)25-12-10-23(31-25)18-21-9-11-26(30-19-21)28(35)33-16-14-32(15-17-33)20-24-8-4-5-13-29-24/h1-9,11,13,21,23,25,27,31,34H,10,12,14-20H2/t21?,23-,25+,27?/m0/s1. The zero-order chi connectivity index (χ0) is 24.0. The van der Waals surface area contributed by atoms with Crippen LogP contribution < -0.4 is 5.32 Å². The Kier molecular flexibility index (Phi) is 7.66. The molecule has 0 radical (unpaired) electrons. The van der Waals surface area contributed by atoms with Crippen molar-refractivity contribution in [2.75, 3.05) is 32.7 Å². The number of nitrogens with one attached hydrogen (secondary N) is 1. The van der Waals surface area contributed by atoms with E-state index in [0.717, 1.165) is 63.2 Å². The van der Waals surface area contributed by atoms with Crippen molar-refractivity contribution in [3.8, 4) is 0 Å². The van der Waals surface area contributed by atoms with Gasteiger partial charge in [0.25, 0.3) is 5.91 Å². The lowest BCUT2D eigenvalue weighted by Crippen LogP contribution is -2.50. The highest BCUT2D eigenvalue weighted by Gasteiger charge is 2.31. The molecule has 1 aromatic carbocycles. The van der Waals surface area contributed by atoms with Gasteiger partial charge in [0.15, 0.2) is 0 Å². The van der Waals surface area contributed by atoms with E-state index in [9.17, 15) is 9.90 Å². The molecule has 0 bridgehead atoms. The Morgan fingerprint density at radius 2 is 1.86 bits per heavy atom. The molecule has 1 aromatic heterocycles. The van der Waals surface area contributed by atoms with Crippen LogP contribution in [0, 0.1) is 5.92 Å². The summed E-state index contributed by atoms with van der Waals surface area (Å²) in [4.78, 5) is 26.3. The highest BCUT2D eigenvalue weighted by molar-refractivity contribution is 6.43. The summed E-state index contributed by atoms with van der Waals surface area (Å²) < 4.78 is 0. The summed E-state index contributed by atoms with van der Waals surface area (Å²) in [7, 11) is 0. The molecule has 184 valence electrons. The number of aromatic nitrogens is 1. The molecule has 0 aliphatic carbocycles. The van der Waals surface area contributed by atoms with Crippen LogP contribution in [-0.4, -0.2) is 76.3 Å². The van der Waals surface area contributed by atoms with Crippen molar-refractivity contribution in [2.45, 2.75) is 44.0 Å². The van der Waals surface area contributed by atoms with Crippen molar-refractivity contribution >= 4 is 11.6 Å². The number of hydrogen-bond acceptors (Lipinski definition) is 6. The highest BCUT2D eigenvalue weighted by Crippen LogP contribution is 2.28. The summed E-state index contributed by atoms with van der Waals surface area (Å²) in [5.74, 6) is 0.370. The molecule has 0 spiro atoms. The molecule has 2 N–H and O–H groups in total. The number of piperazine rings is 1. The van der Waals surface area contributed by atoms with Crippen molar-refractivity contribution < 1.29 is 9.90 Å². The Hall–Kier alpha value is -2.87. The first-order valence-electron chi connectivity index (χ1n) is 12.8. The van der Waals surface area contributed by atoms with Gasteiger partial charge in [0.05, 0.1) is 11.8 Å². The molecule has 2 aromatic rings. The maximum absolute atomic E-state index is 13.0. The summed E-state index contributed by atoms with van der Waals surface area (Å²) in [5, 5.41) is 14.3. The molecule has 2 unspecified atom stereocenters. The number of hydrogen-bond donors (Lipinski definition) is 2. The Morgan fingerprint density at radius 3 is 2.57 bits per heavy atom. The van der Waals surface area contributed by atoms with E-state index in [1.165, 1.54) is 0 Å². The van der Waals surface area contributed by atoms with Gasteiger partial charge in [-0.2, -0.15) is 0 Å². The van der Waals surface area contributed by atoms with E-state index < -0.39 is 6.10 Å². The molecule has 3 aliphatic rings. The Bertz CT molecular complexity index is 1030. The van der Waals surface area contributed by atoms with Crippen LogP contribution in [-0.2, 0) is 11.3 Å². The van der Waals surface area contributed by atoms with Gasteiger partial charge >= 0.3 is 0 Å². The number of carbonyl (C=O) groups excluding carboxylic acids is 1. The van der Waals surface area contributed by atoms with Gasteiger partial charge in [0.1, 0.15) is 5.71 Å². The normalized spacial score (nSPS) is 25.9. The lowest BCUT2D eigenvalue weighted by molar-refractivity contribution is -0.125. The number of amides is 1. The molecule has 4 heterocycles. The predicted molar refractivity (Wildman–Crippen MR) is 137 cm³/mol. The van der Waals surface area contributed by atoms with Crippen LogP contribution >= 0.6 is 0 Å². The zero-order valence-electron chi connectivity index (χ0n) is 20.2. The molecular weight excluding hydrogens is 438 g/mol. The van der Waals surface area contributed by atoms with Crippen molar-refractivity contribution in [3.63, 3.8) is 0 Å². The van der Waals surface area contributed by atoms with E-state index in [1.54, 1.807) is 0 Å². The number of pyridine rings is 1. The summed E-state index contributed by atoms with van der Waals surface area (Å²) in [5.41, 5.74) is 2.61. The number of rotatable bonds is 7. The van der Waals surface area contributed by atoms with Gasteiger partial charge in [-0.1, -0.05) is 42.5 Å². The second-order valence-electron chi connectivity index (χ2n) is 9.87. The molecule has 3 aliphatic heterocycles. The average Bonchev–Trinajstić information content (AvgIpc) is 3.38. The number of benzene rings is 1. The number of aliphatic imine (C=N–C) groups is 1. The number of nitrogens with zero attached hydrogens (tertiary/aromatic N) is 4. The third kappa shape index (κ3) is 6.04. The topological polar surface area (TPSA) is 81.1 Å². The van der Waals surface area contributed by atoms with Crippen LogP contribution in [0.3, 0.4) is 0 Å². The predicted octanol–water partition coefficient (Wildman–Crippen LogP) is 2.60. The first kappa shape index (κ1) is 23.9. The maximum Gasteiger partial charge on any atom is 0.272 e. The third-order valence-electron chi connectivity index (χ3n) is 7.40. The van der Waals surface area contributed by atoms with Crippen LogP contribution in [0.25, 0.3) is 0 Å². The third-order valence-corrected chi connectivity index (χ3v) is 7.40. The van der Waals surface area contributed by atoms with Gasteiger partial charge in [-0.3, -0.25) is 19.7 Å². The molecule has 7 heteroatoms. The van der Waals surface area contributed by atoms with Gasteiger partial charge in [-0.15, -0.1) is 0 Å². The van der Waals surface area contributed by atoms with E-state index in [2.05, 4.69) is 26.3 Å². The van der Waals surface area contributed by atoms with E-state index in [4.69, 9.17) is 0 Å². The second kappa shape index (κ2) is 11.2. The van der Waals surface area contributed by atoms with Crippen molar-refractivity contribution in [1.82, 2.24) is 20.1 Å². The Balaban J connectivity index is 1.05. The molecule has 2 fully saturated rings. The first-order chi connectivity index (χ1) is 17.2. The van der Waals surface area contributed by atoms with Crippen molar-refractivity contribution in [1.29, 1.82) is 0 Å². The minimum Gasteiger partial charge on any atom is -0.387 e. The van der Waals surface area contributed by atoms with E-state index >= 15 is 0 Å². The lowest BCUT2D eigenvalue weighted by Gasteiger charge is -2.34. The van der Waals surface area contributed by atoms with Crippen molar-refractivity contribution in [3.05, 3.63) is 78.1 Å². The smallest absolute Gasteiger partial charge is 0.272 e. The zero-order valence-corrected chi connectivity index (χ0v) is 20.2. The summed E-state index contributed by atoms with van der Waals surface area (Å²) >= 11 is 0. The first-order valence-corrected chi connectivity index (χ1v) is 12.8. The van der Waals surface area contributed by atoms with Gasteiger partial charge < -0.3 is 15.3 Å². The van der Waals surface area contributed by atoms with Gasteiger partial charge in [0, 0.05) is 57.5 Å². The Labute approximate surface area is 207 Å². The molecule has 1 amide bonds. The van der Waals surface area contributed by atoms with Gasteiger partial charge in [-0.25, -0.2) is 0 Å². The van der Waals surface area contributed by atoms with E-state index in [-0.39, 0.29) is 11.9 Å². The molecule has 4 atom stereocenters. The average molecular weight is 474 g/mol. The molecule has 5 rings (SSSR count). The number of aliphatic hydroxyl groups excluding tert-OH is 1. The number of carbonyl (C=O) groups is 1. The van der Waals surface area contributed by atoms with Crippen LogP contribution in [0.15, 0.2) is 71.9 Å². The van der Waals surface area contributed by atoms with Crippen LogP contribution in [0.4, 0.5) is 0 Å². The molecule has 7 nitrogen and oxygen atoms in total. The minimum atomic E-state index is -0.477. The Morgan fingerprint density at radius 1 is 1.06 bits per heavy atom. The van der Waals surface area contributed by atoms with Crippen LogP contribution in [0.1, 0.15) is 36.6 Å². The van der Waals surface area contributed by atoms with Gasteiger partial charge in [0.2, 0.25) is 0 Å². The largest absolute Gasteiger partial charge is 0.387 e. The highest BCUT2D eigenvalue weighted by atomic mass is 16.3. The van der Waals surface area contributed by atoms with E-state index in [1.807, 2.05) is 65.7 Å². The summed E-state index contributed by atoms with van der Waals surface area (Å²) in [6, 6.07) is 16.3. The van der Waals surface area contributed by atoms with Gasteiger partial charge in [-0.05, 0) is 49.0 Å². The SMILES string of the molecule is O=C(C1=NCC(C[C@@H]2CC[C@H](C(O)c3ccccc3)N2)C=C1)N1CCN(Cc2ccccn2)CC1. The summed E-state index contributed by atoms with van der Waals surface area (Å²) in [6.45, 7) is 4.62. The quantitative estimate of drug-likeness (QED) is 0.646. The number of aliphatic hydroxyl groups is 1. The fourth-order valence-electron chi connectivity index (χ4n) is 5.37.